The Morgan fingerprint density at radius 2 is 1.64 bits per heavy atom. The van der Waals surface area contributed by atoms with Gasteiger partial charge in [-0.25, -0.2) is 0 Å². The molecule has 2 aromatic carbocycles. The first kappa shape index (κ1) is 17.5. The molecule has 0 unspecified atom stereocenters. The number of hydrogen-bond donors (Lipinski definition) is 1. The lowest BCUT2D eigenvalue weighted by Gasteiger charge is -2.30. The van der Waals surface area contributed by atoms with Crippen LogP contribution in [0, 0.1) is 13.8 Å². The summed E-state index contributed by atoms with van der Waals surface area (Å²) >= 11 is 0. The highest BCUT2D eigenvalue weighted by molar-refractivity contribution is 5.94. The summed E-state index contributed by atoms with van der Waals surface area (Å²) in [7, 11) is 1.68. The monoisotopic (exact) mass is 337 g/mol. The quantitative estimate of drug-likeness (QED) is 0.869. The molecule has 132 valence electrons. The third-order valence-corrected chi connectivity index (χ3v) is 5.33. The van der Waals surface area contributed by atoms with Crippen molar-refractivity contribution in [1.82, 2.24) is 5.32 Å². The molecule has 0 bridgehead atoms. The maximum absolute atomic E-state index is 12.6. The average molecular weight is 337 g/mol. The van der Waals surface area contributed by atoms with E-state index in [2.05, 4.69) is 23.5 Å². The van der Waals surface area contributed by atoms with Crippen LogP contribution in [0.25, 0.3) is 0 Å². The molecule has 0 atom stereocenters. The molecule has 25 heavy (non-hydrogen) atoms. The van der Waals surface area contributed by atoms with Gasteiger partial charge in [0, 0.05) is 17.5 Å². The fourth-order valence-electron chi connectivity index (χ4n) is 4.02. The van der Waals surface area contributed by atoms with Gasteiger partial charge in [-0.05, 0) is 56.5 Å². The number of ether oxygens (including phenoxy) is 1. The molecule has 0 aliphatic heterocycles. The van der Waals surface area contributed by atoms with Gasteiger partial charge in [-0.15, -0.1) is 0 Å². The molecule has 3 nitrogen and oxygen atoms in total. The summed E-state index contributed by atoms with van der Waals surface area (Å²) in [5.41, 5.74) is 4.33. The van der Waals surface area contributed by atoms with Gasteiger partial charge < -0.3 is 10.1 Å². The second kappa shape index (κ2) is 7.30. The van der Waals surface area contributed by atoms with Crippen LogP contribution in [0.3, 0.4) is 0 Å². The number of hydrogen-bond acceptors (Lipinski definition) is 2. The Morgan fingerprint density at radius 1 is 1.04 bits per heavy atom. The van der Waals surface area contributed by atoms with Crippen LogP contribution < -0.4 is 10.1 Å². The molecule has 3 heteroatoms. The molecule has 0 saturated heterocycles. The molecule has 2 aromatic rings. The molecule has 1 aliphatic carbocycles. The number of carbonyl (C=O) groups is 1. The molecule has 1 aliphatic rings. The van der Waals surface area contributed by atoms with E-state index in [-0.39, 0.29) is 11.3 Å². The van der Waals surface area contributed by atoms with Crippen LogP contribution in [0.1, 0.15) is 52.7 Å². The van der Waals surface area contributed by atoms with Gasteiger partial charge in [-0.3, -0.25) is 4.79 Å². The third-order valence-electron chi connectivity index (χ3n) is 5.33. The van der Waals surface area contributed by atoms with Crippen LogP contribution in [0.2, 0.25) is 0 Å². The van der Waals surface area contributed by atoms with Crippen molar-refractivity contribution >= 4 is 5.91 Å². The summed E-state index contributed by atoms with van der Waals surface area (Å²) in [5, 5.41) is 3.19. The lowest BCUT2D eigenvalue weighted by atomic mass is 9.78. The van der Waals surface area contributed by atoms with Crippen LogP contribution in [-0.4, -0.2) is 19.6 Å². The minimum Gasteiger partial charge on any atom is -0.497 e. The summed E-state index contributed by atoms with van der Waals surface area (Å²) in [4.78, 5) is 12.6. The Bertz CT molecular complexity index is 723. The van der Waals surface area contributed by atoms with Crippen LogP contribution in [-0.2, 0) is 5.41 Å². The van der Waals surface area contributed by atoms with E-state index >= 15 is 0 Å². The Labute approximate surface area is 150 Å². The van der Waals surface area contributed by atoms with E-state index in [0.717, 1.165) is 35.3 Å². The van der Waals surface area contributed by atoms with Gasteiger partial charge in [0.1, 0.15) is 5.75 Å². The predicted octanol–water partition coefficient (Wildman–Crippen LogP) is 4.55. The maximum atomic E-state index is 12.6. The highest BCUT2D eigenvalue weighted by Gasteiger charge is 2.36. The number of nitrogens with one attached hydrogen (secondary N) is 1. The van der Waals surface area contributed by atoms with Gasteiger partial charge >= 0.3 is 0 Å². The van der Waals surface area contributed by atoms with E-state index in [1.165, 1.54) is 18.4 Å². The summed E-state index contributed by atoms with van der Waals surface area (Å²) in [6.07, 6.45) is 4.66. The van der Waals surface area contributed by atoms with Gasteiger partial charge in [0.2, 0.25) is 0 Å². The van der Waals surface area contributed by atoms with Crippen LogP contribution in [0.15, 0.2) is 42.5 Å². The number of rotatable bonds is 5. The second-order valence-electron chi connectivity index (χ2n) is 7.28. The van der Waals surface area contributed by atoms with Crippen LogP contribution in [0.5, 0.6) is 5.75 Å². The van der Waals surface area contributed by atoms with E-state index in [9.17, 15) is 4.79 Å². The zero-order valence-corrected chi connectivity index (χ0v) is 15.4. The summed E-state index contributed by atoms with van der Waals surface area (Å²) in [5.74, 6) is 0.891. The largest absolute Gasteiger partial charge is 0.497 e. The normalized spacial score (nSPS) is 15.8. The van der Waals surface area contributed by atoms with Gasteiger partial charge in [-0.1, -0.05) is 42.2 Å². The predicted molar refractivity (Wildman–Crippen MR) is 101 cm³/mol. The first-order valence-electron chi connectivity index (χ1n) is 9.03. The number of benzene rings is 2. The first-order valence-corrected chi connectivity index (χ1v) is 9.03. The highest BCUT2D eigenvalue weighted by Crippen LogP contribution is 2.41. The van der Waals surface area contributed by atoms with E-state index in [4.69, 9.17) is 4.74 Å². The molecule has 1 saturated carbocycles. The zero-order chi connectivity index (χ0) is 17.9. The summed E-state index contributed by atoms with van der Waals surface area (Å²) in [6, 6.07) is 14.3. The molecule has 0 radical (unpaired) electrons. The number of methoxy groups -OCH3 is 1. The van der Waals surface area contributed by atoms with Crippen molar-refractivity contribution < 1.29 is 9.53 Å². The number of aryl methyl sites for hydroxylation is 2. The van der Waals surface area contributed by atoms with Crippen molar-refractivity contribution in [2.75, 3.05) is 13.7 Å². The van der Waals surface area contributed by atoms with Gasteiger partial charge in [-0.2, -0.15) is 0 Å². The Kier molecular flexibility index (Phi) is 5.12. The highest BCUT2D eigenvalue weighted by atomic mass is 16.5. The maximum Gasteiger partial charge on any atom is 0.251 e. The van der Waals surface area contributed by atoms with E-state index in [0.29, 0.717) is 6.54 Å². The topological polar surface area (TPSA) is 38.3 Å². The molecule has 1 amide bonds. The number of carbonyl (C=O) groups excluding carboxylic acids is 1. The van der Waals surface area contributed by atoms with E-state index in [1.807, 2.05) is 38.1 Å². The molecule has 0 heterocycles. The van der Waals surface area contributed by atoms with Gasteiger partial charge in [0.15, 0.2) is 0 Å². The molecular formula is C22H27NO2. The van der Waals surface area contributed by atoms with E-state index < -0.39 is 0 Å². The molecule has 1 N–H and O–H groups in total. The second-order valence-corrected chi connectivity index (χ2v) is 7.28. The van der Waals surface area contributed by atoms with Gasteiger partial charge in [0.25, 0.3) is 5.91 Å². The minimum absolute atomic E-state index is 0.0200. The standard InChI is InChI=1S/C22H27NO2/c1-16-12-17(2)14-18(13-16)21(24)23-15-22(10-4-5-11-22)19-6-8-20(25-3)9-7-19/h6-9,12-14H,4-5,10-11,15H2,1-3H3,(H,23,24). The van der Waals surface area contributed by atoms with Crippen molar-refractivity contribution in [1.29, 1.82) is 0 Å². The van der Waals surface area contributed by atoms with E-state index in [1.54, 1.807) is 7.11 Å². The lowest BCUT2D eigenvalue weighted by Crippen LogP contribution is -2.39. The average Bonchev–Trinajstić information content (AvgIpc) is 3.09. The first-order chi connectivity index (χ1) is 12.0. The molecule has 3 rings (SSSR count). The fourth-order valence-corrected chi connectivity index (χ4v) is 4.02. The van der Waals surface area contributed by atoms with Crippen molar-refractivity contribution in [2.24, 2.45) is 0 Å². The Hall–Kier alpha value is -2.29. The molecular weight excluding hydrogens is 310 g/mol. The van der Waals surface area contributed by atoms with Gasteiger partial charge in [0.05, 0.1) is 7.11 Å². The third kappa shape index (κ3) is 3.87. The Morgan fingerprint density at radius 3 is 2.20 bits per heavy atom. The summed E-state index contributed by atoms with van der Waals surface area (Å²) in [6.45, 7) is 4.74. The van der Waals surface area contributed by atoms with Crippen molar-refractivity contribution in [2.45, 2.75) is 44.9 Å². The SMILES string of the molecule is COc1ccc(C2(CNC(=O)c3cc(C)cc(C)c3)CCCC2)cc1. The van der Waals surface area contributed by atoms with Crippen LogP contribution >= 0.6 is 0 Å². The smallest absolute Gasteiger partial charge is 0.251 e. The van der Waals surface area contributed by atoms with Crippen molar-refractivity contribution in [3.63, 3.8) is 0 Å². The number of amides is 1. The molecule has 1 fully saturated rings. The minimum atomic E-state index is 0.0200. The van der Waals surface area contributed by atoms with Crippen molar-refractivity contribution in [3.8, 4) is 5.75 Å². The Balaban J connectivity index is 1.76. The summed E-state index contributed by atoms with van der Waals surface area (Å²) < 4.78 is 5.27. The van der Waals surface area contributed by atoms with Crippen molar-refractivity contribution in [3.05, 3.63) is 64.7 Å². The fraction of sp³-hybridized carbons (Fsp3) is 0.409. The zero-order valence-electron chi connectivity index (χ0n) is 15.4. The lowest BCUT2D eigenvalue weighted by molar-refractivity contribution is 0.0943. The molecule has 0 spiro atoms. The van der Waals surface area contributed by atoms with Crippen LogP contribution in [0.4, 0.5) is 0 Å². The molecule has 0 aromatic heterocycles.